The lowest BCUT2D eigenvalue weighted by molar-refractivity contribution is -0.349. The highest BCUT2D eigenvalue weighted by Crippen LogP contribution is 2.41. The van der Waals surface area contributed by atoms with Gasteiger partial charge in [-0.2, -0.15) is 0 Å². The Labute approximate surface area is 637 Å². The molecule has 0 aliphatic carbocycles. The molecule has 2 amide bonds. The van der Waals surface area contributed by atoms with Gasteiger partial charge in [0.25, 0.3) is 0 Å². The Morgan fingerprint density at radius 2 is 0.723 bits per heavy atom. The highest BCUT2D eigenvalue weighted by Gasteiger charge is 2.54. The topological polar surface area (TPSA) is 494 Å². The van der Waals surface area contributed by atoms with Gasteiger partial charge in [0.1, 0.15) is 109 Å². The lowest BCUT2D eigenvalue weighted by Gasteiger charge is -2.47. The van der Waals surface area contributed by atoms with Gasteiger partial charge in [0.05, 0.1) is 86.2 Å². The number of H-pyrrole nitrogens is 2. The summed E-state index contributed by atoms with van der Waals surface area (Å²) >= 11 is 0. The Morgan fingerprint density at radius 3 is 1.04 bits per heavy atom. The lowest BCUT2D eigenvalue weighted by atomic mass is 9.95. The van der Waals surface area contributed by atoms with Crippen LogP contribution < -0.4 is 10.6 Å². The van der Waals surface area contributed by atoms with E-state index < -0.39 is 161 Å². The lowest BCUT2D eigenvalue weighted by Crippen LogP contribution is -2.67. The van der Waals surface area contributed by atoms with Crippen molar-refractivity contribution in [2.45, 2.75) is 150 Å². The number of rotatable bonds is 22. The number of carbonyl (C=O) groups is 2. The van der Waals surface area contributed by atoms with E-state index in [0.717, 1.165) is 66.6 Å². The Morgan fingerprint density at radius 1 is 0.402 bits per heavy atom. The zero-order chi connectivity index (χ0) is 78.2. The molecule has 0 saturated carbocycles. The van der Waals surface area contributed by atoms with Crippen LogP contribution in [0.4, 0.5) is 0 Å². The first-order chi connectivity index (χ1) is 54.3. The van der Waals surface area contributed by atoms with E-state index in [4.69, 9.17) is 47.9 Å². The van der Waals surface area contributed by atoms with Crippen molar-refractivity contribution in [1.29, 1.82) is 0 Å². The fourth-order valence-corrected chi connectivity index (χ4v) is 14.7. The third-order valence-corrected chi connectivity index (χ3v) is 20.3. The van der Waals surface area contributed by atoms with Crippen LogP contribution in [0.15, 0.2) is 146 Å². The van der Waals surface area contributed by atoms with Gasteiger partial charge >= 0.3 is 0 Å². The molecule has 586 valence electrons. The highest BCUT2D eigenvalue weighted by molar-refractivity contribution is 6.00. The molecule has 4 saturated heterocycles. The first-order valence-electron chi connectivity index (χ1n) is 36.2. The van der Waals surface area contributed by atoms with E-state index in [1.807, 2.05) is 158 Å². The van der Waals surface area contributed by atoms with Crippen molar-refractivity contribution in [3.63, 3.8) is 0 Å². The predicted octanol–water partition coefficient (Wildman–Crippen LogP) is 1.05. The number of nitrogens with one attached hydrogen (secondary N) is 4. The second-order valence-electron chi connectivity index (χ2n) is 27.7. The van der Waals surface area contributed by atoms with E-state index in [1.54, 1.807) is 21.8 Å². The summed E-state index contributed by atoms with van der Waals surface area (Å²) in [5.74, 6) is -1.16. The summed E-state index contributed by atoms with van der Waals surface area (Å²) in [5, 5.41) is 149. The van der Waals surface area contributed by atoms with E-state index in [9.17, 15) is 70.9 Å². The van der Waals surface area contributed by atoms with Gasteiger partial charge in [-0.3, -0.25) is 9.59 Å². The molecule has 34 heteroatoms. The van der Waals surface area contributed by atoms with E-state index in [0.29, 0.717) is 45.5 Å². The number of nitrogens with zero attached hydrogens (tertiary/aromatic N) is 8. The van der Waals surface area contributed by atoms with Crippen LogP contribution >= 0.6 is 0 Å². The third-order valence-electron chi connectivity index (χ3n) is 20.3. The number of aromatic nitrogens is 10. The number of carbonyl (C=O) groups excluding carboxylic acids is 2. The van der Waals surface area contributed by atoms with Crippen LogP contribution in [-0.4, -0.2) is 272 Å². The van der Waals surface area contributed by atoms with E-state index in [1.165, 1.54) is 13.8 Å². The van der Waals surface area contributed by atoms with Crippen LogP contribution in [0.3, 0.4) is 0 Å². The number of hydrogen-bond acceptors (Lipinski definition) is 28. The Kier molecular flexibility index (Phi) is 23.0. The Balaban J connectivity index is 0.718. The number of hydrogen-bond donors (Lipinski definition) is 16. The molecule has 16 N–H and O–H groups in total. The van der Waals surface area contributed by atoms with Gasteiger partial charge in [0.15, 0.2) is 25.2 Å². The smallest absolute Gasteiger partial charge is 0.217 e. The average Bonchev–Trinajstić information content (AvgIpc) is 1.69. The number of fused-ring (bicyclic) bond motifs is 8. The van der Waals surface area contributed by atoms with Gasteiger partial charge in [0, 0.05) is 58.2 Å². The number of benzene rings is 4. The van der Waals surface area contributed by atoms with Crippen molar-refractivity contribution >= 4 is 58.2 Å². The first kappa shape index (κ1) is 77.2. The molecule has 8 bridgehead atoms. The fraction of sp³-hybridized carbons (Fsp3) is 0.359. The third kappa shape index (κ3) is 15.6. The quantitative estimate of drug-likeness (QED) is 0.0451. The highest BCUT2D eigenvalue weighted by atomic mass is 16.7. The molecular weight excluding hydrogens is 1460 g/mol. The standard InChI is InChI=1S/C78H82N12O22/c1-37(95)79-63-67(99)73(111-77-71(103)69(101)65(97)55(31-91)107-77)57(33-93)109-75(63)105-35-43-29-89(87-85-43)45-17-13-41(14-18-45)61-51-25-21-47(81-51)59(39-9-5-3-6-10-39)49-23-27-53(83-49)62(54-28-24-50(84-54)60(40-11-7-4-8-12-40)48-22-26-52(61)82-48)42-15-19-46(20-16-42)90-30-44(86-88-90)36-106-76-64(80-38(2)96)68(100)74(58(34-94)110-76)112-78-72(104)70(102)66(98)56(32-92)108-78/h3-30,55-58,63-78,81,84,91-94,97-104H,31-36H2,1-2H3,(H,79,95)(H,80,96)/t55-,56-,57-,58-,63-,64-,65+,66+,67-,68-,69+,70+,71-,72-,73-,74-,75-,76-,77+,78+/m1/s1. The molecule has 6 aliphatic rings. The predicted molar refractivity (Wildman–Crippen MR) is 396 cm³/mol. The molecule has 4 fully saturated rings. The zero-order valence-electron chi connectivity index (χ0n) is 60.0. The maximum Gasteiger partial charge on any atom is 0.217 e. The average molecular weight is 1540 g/mol. The second kappa shape index (κ2) is 33.3. The minimum absolute atomic E-state index is 0.253. The summed E-state index contributed by atoms with van der Waals surface area (Å²) in [6.45, 7) is -1.05. The summed E-state index contributed by atoms with van der Waals surface area (Å²) in [6.07, 6.45) is -17.2. The molecule has 11 heterocycles. The molecule has 4 aromatic carbocycles. The zero-order valence-corrected chi connectivity index (χ0v) is 60.0. The molecule has 15 rings (SSSR count). The number of aromatic amines is 2. The van der Waals surface area contributed by atoms with Gasteiger partial charge in [-0.25, -0.2) is 19.3 Å². The number of ether oxygens (including phenoxy) is 8. The van der Waals surface area contributed by atoms with Crippen LogP contribution in [0.1, 0.15) is 48.0 Å². The number of aliphatic hydroxyl groups is 12. The minimum atomic E-state index is -1.83. The maximum atomic E-state index is 12.5. The van der Waals surface area contributed by atoms with Gasteiger partial charge in [-0.1, -0.05) is 95.4 Å². The molecule has 112 heavy (non-hydrogen) atoms. The van der Waals surface area contributed by atoms with Gasteiger partial charge in [-0.05, 0) is 95.1 Å². The molecule has 20 atom stereocenters. The van der Waals surface area contributed by atoms with Gasteiger partial charge < -0.3 is 120 Å². The summed E-state index contributed by atoms with van der Waals surface area (Å²) in [4.78, 5) is 43.5. The molecule has 0 radical (unpaired) electrons. The van der Waals surface area contributed by atoms with Crippen LogP contribution in [0.5, 0.6) is 0 Å². The van der Waals surface area contributed by atoms with Crippen molar-refractivity contribution in [1.82, 2.24) is 60.6 Å². The van der Waals surface area contributed by atoms with Gasteiger partial charge in [-0.15, -0.1) is 10.2 Å². The van der Waals surface area contributed by atoms with E-state index in [-0.39, 0.29) is 13.2 Å². The van der Waals surface area contributed by atoms with Crippen LogP contribution in [0.2, 0.25) is 0 Å². The monoisotopic (exact) mass is 1540 g/mol. The van der Waals surface area contributed by atoms with Crippen LogP contribution in [0, 0.1) is 0 Å². The SMILES string of the molecule is CC(=O)N[C@H]1[C@H](OCc2cn(-c3ccc(-c4c5nc(c(-c6ccccc6)c6ccc([nH]6)c(-c6ccc(-n7cc(CO[C@@H]8O[C@H](CO)[C@@H](O[C@@H]9O[C@H](CO)[C@H](O)[C@H](O)[C@H]9O)[C@H](O)[C@H]8NC(C)=O)nn7)cc6)c6nc(c(-c7ccccc7)c7ccc4[nH]7)C=C6)C=C5)cc3)nn2)O[C@H](CO)[C@@H](O[C@@H]2O[C@H](CO)[C@H](O)[C@H](O)[C@H]2O)[C@@H]1O. The molecule has 34 nitrogen and oxygen atoms in total. The van der Waals surface area contributed by atoms with Crippen LogP contribution in [-0.2, 0) is 60.7 Å². The number of aliphatic hydroxyl groups excluding tert-OH is 12. The van der Waals surface area contributed by atoms with E-state index in [2.05, 4.69) is 41.2 Å². The molecule has 5 aromatic heterocycles. The molecule has 9 aromatic rings. The summed E-state index contributed by atoms with van der Waals surface area (Å²) < 4.78 is 50.1. The van der Waals surface area contributed by atoms with Crippen molar-refractivity contribution in [2.75, 3.05) is 26.4 Å². The second-order valence-corrected chi connectivity index (χ2v) is 27.7. The van der Waals surface area contributed by atoms with Crippen LogP contribution in [0.25, 0.3) is 102 Å². The fourth-order valence-electron chi connectivity index (χ4n) is 14.7. The molecular formula is C78H82N12O22. The minimum Gasteiger partial charge on any atom is -0.394 e. The Hall–Kier alpha value is -10.1. The van der Waals surface area contributed by atoms with Crippen molar-refractivity contribution < 1.29 is 109 Å². The first-order valence-corrected chi connectivity index (χ1v) is 36.2. The summed E-state index contributed by atoms with van der Waals surface area (Å²) in [5.41, 5.74) is 14.1. The van der Waals surface area contributed by atoms with E-state index >= 15 is 0 Å². The largest absolute Gasteiger partial charge is 0.394 e. The summed E-state index contributed by atoms with van der Waals surface area (Å²) in [6, 6.07) is 40.7. The summed E-state index contributed by atoms with van der Waals surface area (Å²) in [7, 11) is 0. The number of amides is 2. The molecule has 0 unspecified atom stereocenters. The van der Waals surface area contributed by atoms with Crippen molar-refractivity contribution in [2.24, 2.45) is 0 Å². The van der Waals surface area contributed by atoms with Crippen molar-refractivity contribution in [3.8, 4) is 55.9 Å². The molecule has 6 aliphatic heterocycles. The normalized spacial score (nSPS) is 28.5. The maximum absolute atomic E-state index is 12.5. The molecule has 0 spiro atoms. The Bertz CT molecular complexity index is 4750. The van der Waals surface area contributed by atoms with Crippen molar-refractivity contribution in [3.05, 3.63) is 180 Å². The van der Waals surface area contributed by atoms with Gasteiger partial charge in [0.2, 0.25) is 11.8 Å².